The van der Waals surface area contributed by atoms with E-state index in [0.717, 1.165) is 12.1 Å². The van der Waals surface area contributed by atoms with Gasteiger partial charge in [-0.15, -0.1) is 0 Å². The third-order valence-electron chi connectivity index (χ3n) is 3.16. The molecule has 4 nitrogen and oxygen atoms in total. The van der Waals surface area contributed by atoms with Gasteiger partial charge in [0.2, 0.25) is 0 Å². The zero-order valence-electron chi connectivity index (χ0n) is 11.5. The maximum absolute atomic E-state index is 12.5. The Balaban J connectivity index is 2.21. The molecule has 104 valence electrons. The van der Waals surface area contributed by atoms with Gasteiger partial charge in [0, 0.05) is 24.3 Å². The molecule has 0 N–H and O–H groups in total. The summed E-state index contributed by atoms with van der Waals surface area (Å²) in [7, 11) is 0. The first-order valence-corrected chi connectivity index (χ1v) is 6.98. The second-order valence-corrected chi connectivity index (χ2v) is 5.38. The lowest BCUT2D eigenvalue weighted by atomic mass is 10.1. The number of ether oxygens (including phenoxy) is 1. The topological polar surface area (TPSA) is 42.4 Å². The van der Waals surface area contributed by atoms with Gasteiger partial charge in [-0.25, -0.2) is 4.98 Å². The molecule has 1 fully saturated rings. The second-order valence-electron chi connectivity index (χ2n) is 4.99. The van der Waals surface area contributed by atoms with Gasteiger partial charge in [0.15, 0.2) is 0 Å². The van der Waals surface area contributed by atoms with Crippen LogP contribution in [0.25, 0.3) is 0 Å². The maximum atomic E-state index is 12.5. The van der Waals surface area contributed by atoms with Crippen LogP contribution in [0.2, 0.25) is 5.15 Å². The van der Waals surface area contributed by atoms with E-state index in [1.54, 1.807) is 6.07 Å². The molecule has 1 aromatic heterocycles. The summed E-state index contributed by atoms with van der Waals surface area (Å²) in [6.45, 7) is 7.18. The van der Waals surface area contributed by atoms with Gasteiger partial charge in [0.05, 0.1) is 12.2 Å². The number of aromatic nitrogens is 1. The van der Waals surface area contributed by atoms with Crippen molar-refractivity contribution in [3.05, 3.63) is 28.5 Å². The fourth-order valence-electron chi connectivity index (χ4n) is 2.38. The molecule has 2 heterocycles. The maximum Gasteiger partial charge on any atom is 0.254 e. The van der Waals surface area contributed by atoms with Gasteiger partial charge in [-0.3, -0.25) is 4.79 Å². The van der Waals surface area contributed by atoms with Gasteiger partial charge in [0.1, 0.15) is 5.15 Å². The van der Waals surface area contributed by atoms with Gasteiger partial charge < -0.3 is 9.64 Å². The Morgan fingerprint density at radius 2 is 2.05 bits per heavy atom. The summed E-state index contributed by atoms with van der Waals surface area (Å²) < 4.78 is 5.64. The molecule has 1 saturated heterocycles. The van der Waals surface area contributed by atoms with Crippen LogP contribution in [0, 0.1) is 0 Å². The van der Waals surface area contributed by atoms with Crippen molar-refractivity contribution in [2.75, 3.05) is 13.1 Å². The monoisotopic (exact) mass is 282 g/mol. The molecule has 2 rings (SSSR count). The van der Waals surface area contributed by atoms with E-state index in [1.165, 1.54) is 0 Å². The van der Waals surface area contributed by atoms with E-state index in [1.807, 2.05) is 31.7 Å². The van der Waals surface area contributed by atoms with Gasteiger partial charge >= 0.3 is 0 Å². The van der Waals surface area contributed by atoms with Crippen LogP contribution in [-0.2, 0) is 11.2 Å². The fourth-order valence-corrected chi connectivity index (χ4v) is 2.61. The van der Waals surface area contributed by atoms with Crippen molar-refractivity contribution in [3.63, 3.8) is 0 Å². The Morgan fingerprint density at radius 1 is 1.42 bits per heavy atom. The number of morpholine rings is 1. The van der Waals surface area contributed by atoms with E-state index >= 15 is 0 Å². The minimum Gasteiger partial charge on any atom is -0.372 e. The molecule has 0 spiro atoms. The Morgan fingerprint density at radius 3 is 2.63 bits per heavy atom. The molecule has 0 aliphatic carbocycles. The molecule has 19 heavy (non-hydrogen) atoms. The van der Waals surface area contributed by atoms with Gasteiger partial charge in [-0.1, -0.05) is 18.5 Å². The molecule has 0 saturated carbocycles. The summed E-state index contributed by atoms with van der Waals surface area (Å²) in [5, 5.41) is 0.372. The molecule has 2 atom stereocenters. The zero-order chi connectivity index (χ0) is 14.0. The fraction of sp³-hybridized carbons (Fsp3) is 0.571. The van der Waals surface area contributed by atoms with Crippen LogP contribution in [0.4, 0.5) is 0 Å². The number of nitrogens with zero attached hydrogens (tertiary/aromatic N) is 2. The number of halogens is 1. The van der Waals surface area contributed by atoms with E-state index in [4.69, 9.17) is 16.3 Å². The van der Waals surface area contributed by atoms with Crippen LogP contribution in [0.3, 0.4) is 0 Å². The Labute approximate surface area is 118 Å². The highest BCUT2D eigenvalue weighted by molar-refractivity contribution is 6.29. The molecule has 0 bridgehead atoms. The van der Waals surface area contributed by atoms with Crippen LogP contribution in [-0.4, -0.2) is 41.1 Å². The Kier molecular flexibility index (Phi) is 4.42. The van der Waals surface area contributed by atoms with Gasteiger partial charge in [-0.05, 0) is 32.4 Å². The number of rotatable bonds is 2. The average molecular weight is 283 g/mol. The van der Waals surface area contributed by atoms with Crippen LogP contribution in [0.15, 0.2) is 12.1 Å². The summed E-state index contributed by atoms with van der Waals surface area (Å²) in [6, 6.07) is 3.45. The third-order valence-corrected chi connectivity index (χ3v) is 3.36. The highest BCUT2D eigenvalue weighted by Crippen LogP contribution is 2.17. The van der Waals surface area contributed by atoms with Crippen molar-refractivity contribution in [1.29, 1.82) is 0 Å². The Bertz CT molecular complexity index is 469. The number of aryl methyl sites for hydroxylation is 1. The van der Waals surface area contributed by atoms with E-state index < -0.39 is 0 Å². The van der Waals surface area contributed by atoms with Crippen LogP contribution < -0.4 is 0 Å². The number of amides is 1. The molecular formula is C14H19ClN2O2. The summed E-state index contributed by atoms with van der Waals surface area (Å²) in [5.74, 6) is 0.000926. The van der Waals surface area contributed by atoms with Crippen molar-refractivity contribution in [2.24, 2.45) is 0 Å². The predicted molar refractivity (Wildman–Crippen MR) is 74.5 cm³/mol. The average Bonchev–Trinajstić information content (AvgIpc) is 2.35. The first-order valence-electron chi connectivity index (χ1n) is 6.60. The lowest BCUT2D eigenvalue weighted by Gasteiger charge is -2.35. The van der Waals surface area contributed by atoms with Crippen molar-refractivity contribution in [3.8, 4) is 0 Å². The molecular weight excluding hydrogens is 264 g/mol. The number of carbonyl (C=O) groups excluding carboxylic acids is 1. The van der Waals surface area contributed by atoms with Gasteiger partial charge in [-0.2, -0.15) is 0 Å². The molecule has 0 aromatic carbocycles. The minimum absolute atomic E-state index is 0.000926. The summed E-state index contributed by atoms with van der Waals surface area (Å²) in [5.41, 5.74) is 1.45. The predicted octanol–water partition coefficient (Wildman–Crippen LogP) is 2.55. The largest absolute Gasteiger partial charge is 0.372 e. The van der Waals surface area contributed by atoms with Gasteiger partial charge in [0.25, 0.3) is 5.91 Å². The molecule has 0 radical (unpaired) electrons. The number of pyridine rings is 1. The van der Waals surface area contributed by atoms with Crippen molar-refractivity contribution in [1.82, 2.24) is 9.88 Å². The van der Waals surface area contributed by atoms with Crippen LogP contribution in [0.1, 0.15) is 36.8 Å². The molecule has 5 heteroatoms. The Hall–Kier alpha value is -1.13. The van der Waals surface area contributed by atoms with Crippen molar-refractivity contribution < 1.29 is 9.53 Å². The first kappa shape index (κ1) is 14.3. The smallest absolute Gasteiger partial charge is 0.254 e. The highest BCUT2D eigenvalue weighted by Gasteiger charge is 2.26. The van der Waals surface area contributed by atoms with E-state index in [0.29, 0.717) is 23.8 Å². The number of hydrogen-bond acceptors (Lipinski definition) is 3. The number of carbonyl (C=O) groups is 1. The standard InChI is InChI=1S/C14H19ClN2O2/c1-4-12-5-11(6-13(15)16-12)14(18)17-7-9(2)19-10(3)8-17/h5-6,9-10H,4,7-8H2,1-3H3/t9-,10+. The second kappa shape index (κ2) is 5.88. The molecule has 0 unspecified atom stereocenters. The summed E-state index contributed by atoms with van der Waals surface area (Å²) in [6.07, 6.45) is 0.892. The zero-order valence-corrected chi connectivity index (χ0v) is 12.3. The minimum atomic E-state index is 0.000926. The lowest BCUT2D eigenvalue weighted by Crippen LogP contribution is -2.48. The summed E-state index contributed by atoms with van der Waals surface area (Å²) in [4.78, 5) is 18.5. The van der Waals surface area contributed by atoms with E-state index in [-0.39, 0.29) is 18.1 Å². The molecule has 1 aliphatic rings. The van der Waals surface area contributed by atoms with Crippen molar-refractivity contribution >= 4 is 17.5 Å². The van der Waals surface area contributed by atoms with Crippen LogP contribution >= 0.6 is 11.6 Å². The van der Waals surface area contributed by atoms with Crippen molar-refractivity contribution in [2.45, 2.75) is 39.4 Å². The number of hydrogen-bond donors (Lipinski definition) is 0. The lowest BCUT2D eigenvalue weighted by molar-refractivity contribution is -0.0586. The third kappa shape index (κ3) is 3.45. The molecule has 1 aromatic rings. The van der Waals surface area contributed by atoms with Crippen LogP contribution in [0.5, 0.6) is 0 Å². The first-order chi connectivity index (χ1) is 8.99. The van der Waals surface area contributed by atoms with E-state index in [2.05, 4.69) is 4.98 Å². The summed E-state index contributed by atoms with van der Waals surface area (Å²) >= 11 is 5.96. The molecule has 1 amide bonds. The SMILES string of the molecule is CCc1cc(C(=O)N2C[C@@H](C)O[C@@H](C)C2)cc(Cl)n1. The quantitative estimate of drug-likeness (QED) is 0.783. The van der Waals surface area contributed by atoms with E-state index in [9.17, 15) is 4.79 Å². The molecule has 1 aliphatic heterocycles. The normalized spacial score (nSPS) is 23.5. The highest BCUT2D eigenvalue weighted by atomic mass is 35.5.